The van der Waals surface area contributed by atoms with E-state index in [2.05, 4.69) is 9.88 Å². The first kappa shape index (κ1) is 16.2. The SMILES string of the molecule is CN1CC[C@H]2OCCN(C(=O)c3ncccc3C(F)(F)F)[C@@H]2C1. The van der Waals surface area contributed by atoms with Crippen LogP contribution in [0, 0.1) is 0 Å². The van der Waals surface area contributed by atoms with Gasteiger partial charge in [-0.25, -0.2) is 0 Å². The topological polar surface area (TPSA) is 45.7 Å². The van der Waals surface area contributed by atoms with Crippen LogP contribution in [0.25, 0.3) is 0 Å². The Morgan fingerprint density at radius 3 is 2.91 bits per heavy atom. The number of hydrogen-bond donors (Lipinski definition) is 0. The van der Waals surface area contributed by atoms with Crippen molar-refractivity contribution in [3.05, 3.63) is 29.6 Å². The van der Waals surface area contributed by atoms with Crippen molar-refractivity contribution in [2.75, 3.05) is 33.3 Å². The summed E-state index contributed by atoms with van der Waals surface area (Å²) in [5.41, 5.74) is -1.52. The zero-order chi connectivity index (χ0) is 16.6. The van der Waals surface area contributed by atoms with Crippen molar-refractivity contribution < 1.29 is 22.7 Å². The van der Waals surface area contributed by atoms with Gasteiger partial charge in [-0.15, -0.1) is 0 Å². The molecule has 0 N–H and O–H groups in total. The molecule has 0 saturated carbocycles. The van der Waals surface area contributed by atoms with Crippen molar-refractivity contribution in [2.45, 2.75) is 24.7 Å². The van der Waals surface area contributed by atoms with Crippen molar-refractivity contribution in [3.8, 4) is 0 Å². The zero-order valence-electron chi connectivity index (χ0n) is 12.7. The molecule has 0 unspecified atom stereocenters. The lowest BCUT2D eigenvalue weighted by Crippen LogP contribution is -2.61. The minimum Gasteiger partial charge on any atom is -0.374 e. The number of likely N-dealkylation sites (N-methyl/N-ethyl adjacent to an activating group) is 1. The number of carbonyl (C=O) groups excluding carboxylic acids is 1. The van der Waals surface area contributed by atoms with E-state index in [-0.39, 0.29) is 18.7 Å². The Morgan fingerprint density at radius 1 is 1.39 bits per heavy atom. The molecule has 2 aliphatic heterocycles. The van der Waals surface area contributed by atoms with Crippen LogP contribution in [-0.4, -0.2) is 66.1 Å². The quantitative estimate of drug-likeness (QED) is 0.786. The first-order chi connectivity index (χ1) is 10.9. The zero-order valence-corrected chi connectivity index (χ0v) is 12.7. The van der Waals surface area contributed by atoms with Crippen molar-refractivity contribution in [1.82, 2.24) is 14.8 Å². The second-order valence-corrected chi connectivity index (χ2v) is 5.92. The summed E-state index contributed by atoms with van der Waals surface area (Å²) in [5.74, 6) is -0.675. The lowest BCUT2D eigenvalue weighted by molar-refractivity contribution is -0.138. The van der Waals surface area contributed by atoms with Crippen molar-refractivity contribution in [2.24, 2.45) is 0 Å². The molecule has 1 aromatic rings. The number of hydrogen-bond acceptors (Lipinski definition) is 4. The number of nitrogens with zero attached hydrogens (tertiary/aromatic N) is 3. The minimum absolute atomic E-state index is 0.123. The largest absolute Gasteiger partial charge is 0.418 e. The average Bonchev–Trinajstić information content (AvgIpc) is 2.53. The molecular weight excluding hydrogens is 311 g/mol. The van der Waals surface area contributed by atoms with Crippen LogP contribution in [0.2, 0.25) is 0 Å². The maximum atomic E-state index is 13.1. The second kappa shape index (κ2) is 6.09. The van der Waals surface area contributed by atoms with Gasteiger partial charge in [-0.2, -0.15) is 13.2 Å². The van der Waals surface area contributed by atoms with E-state index in [1.807, 2.05) is 7.05 Å². The number of piperidine rings is 1. The lowest BCUT2D eigenvalue weighted by Gasteiger charge is -2.46. The van der Waals surface area contributed by atoms with Gasteiger partial charge < -0.3 is 14.5 Å². The summed E-state index contributed by atoms with van der Waals surface area (Å²) in [6.45, 7) is 2.05. The number of rotatable bonds is 1. The molecule has 2 atom stereocenters. The summed E-state index contributed by atoms with van der Waals surface area (Å²) in [6.07, 6.45) is -2.75. The Bertz CT molecular complexity index is 594. The van der Waals surface area contributed by atoms with Gasteiger partial charge in [0.25, 0.3) is 5.91 Å². The monoisotopic (exact) mass is 329 g/mol. The molecule has 2 saturated heterocycles. The summed E-state index contributed by atoms with van der Waals surface area (Å²) in [5, 5.41) is 0. The Hall–Kier alpha value is -1.67. The number of amides is 1. The van der Waals surface area contributed by atoms with E-state index in [1.54, 1.807) is 0 Å². The smallest absolute Gasteiger partial charge is 0.374 e. The maximum Gasteiger partial charge on any atom is 0.418 e. The molecule has 3 heterocycles. The van der Waals surface area contributed by atoms with Gasteiger partial charge in [0.15, 0.2) is 0 Å². The Kier molecular flexibility index (Phi) is 4.29. The van der Waals surface area contributed by atoms with Crippen LogP contribution in [-0.2, 0) is 10.9 Å². The summed E-state index contributed by atoms with van der Waals surface area (Å²) in [7, 11) is 1.93. The summed E-state index contributed by atoms with van der Waals surface area (Å²) >= 11 is 0. The fraction of sp³-hybridized carbons (Fsp3) is 0.600. The molecule has 5 nitrogen and oxygen atoms in total. The third kappa shape index (κ3) is 3.18. The van der Waals surface area contributed by atoms with Gasteiger partial charge in [0.05, 0.1) is 24.3 Å². The van der Waals surface area contributed by atoms with Crippen LogP contribution in [0.5, 0.6) is 0 Å². The normalized spacial score (nSPS) is 26.0. The highest BCUT2D eigenvalue weighted by Crippen LogP contribution is 2.32. The van der Waals surface area contributed by atoms with Crippen LogP contribution < -0.4 is 0 Å². The molecule has 0 spiro atoms. The van der Waals surface area contributed by atoms with Crippen molar-refractivity contribution in [3.63, 3.8) is 0 Å². The predicted octanol–water partition coefficient (Wildman–Crippen LogP) is 1.65. The van der Waals surface area contributed by atoms with Gasteiger partial charge in [0.1, 0.15) is 5.69 Å². The molecule has 0 aromatic carbocycles. The first-order valence-electron chi connectivity index (χ1n) is 7.51. The van der Waals surface area contributed by atoms with E-state index in [4.69, 9.17) is 4.74 Å². The number of alkyl halides is 3. The average molecular weight is 329 g/mol. The van der Waals surface area contributed by atoms with Crippen LogP contribution in [0.15, 0.2) is 18.3 Å². The third-order valence-corrected chi connectivity index (χ3v) is 4.36. The van der Waals surface area contributed by atoms with E-state index in [9.17, 15) is 18.0 Å². The Morgan fingerprint density at radius 2 is 2.17 bits per heavy atom. The molecule has 1 amide bonds. The molecule has 8 heteroatoms. The van der Waals surface area contributed by atoms with Crippen molar-refractivity contribution >= 4 is 5.91 Å². The van der Waals surface area contributed by atoms with Crippen LogP contribution in [0.1, 0.15) is 22.5 Å². The number of carbonyl (C=O) groups is 1. The fourth-order valence-electron chi connectivity index (χ4n) is 3.22. The van der Waals surface area contributed by atoms with Gasteiger partial charge in [0, 0.05) is 25.8 Å². The van der Waals surface area contributed by atoms with E-state index >= 15 is 0 Å². The number of morpholine rings is 1. The maximum absolute atomic E-state index is 13.1. The molecular formula is C15H18F3N3O2. The number of aromatic nitrogens is 1. The Balaban J connectivity index is 1.91. The number of halogens is 3. The molecule has 3 rings (SSSR count). The predicted molar refractivity (Wildman–Crippen MR) is 75.9 cm³/mol. The van der Waals surface area contributed by atoms with Gasteiger partial charge in [-0.3, -0.25) is 9.78 Å². The molecule has 23 heavy (non-hydrogen) atoms. The van der Waals surface area contributed by atoms with E-state index in [1.165, 1.54) is 17.2 Å². The van der Waals surface area contributed by atoms with E-state index in [0.717, 1.165) is 19.0 Å². The number of likely N-dealkylation sites (tertiary alicyclic amines) is 1. The van der Waals surface area contributed by atoms with E-state index in [0.29, 0.717) is 13.2 Å². The minimum atomic E-state index is -4.60. The highest BCUT2D eigenvalue weighted by molar-refractivity contribution is 5.94. The molecule has 1 aromatic heterocycles. The van der Waals surface area contributed by atoms with Gasteiger partial charge in [0.2, 0.25) is 0 Å². The molecule has 0 aliphatic carbocycles. The Labute approximate surface area is 132 Å². The summed E-state index contributed by atoms with van der Waals surface area (Å²) < 4.78 is 45.1. The lowest BCUT2D eigenvalue weighted by atomic mass is 9.98. The third-order valence-electron chi connectivity index (χ3n) is 4.36. The second-order valence-electron chi connectivity index (χ2n) is 5.92. The van der Waals surface area contributed by atoms with Gasteiger partial charge in [-0.1, -0.05) is 0 Å². The first-order valence-corrected chi connectivity index (χ1v) is 7.51. The number of ether oxygens (including phenoxy) is 1. The highest BCUT2D eigenvalue weighted by atomic mass is 19.4. The summed E-state index contributed by atoms with van der Waals surface area (Å²) in [6, 6.07) is 1.85. The van der Waals surface area contributed by atoms with Gasteiger partial charge in [-0.05, 0) is 25.6 Å². The van der Waals surface area contributed by atoms with Crippen LogP contribution in [0.3, 0.4) is 0 Å². The van der Waals surface area contributed by atoms with Gasteiger partial charge >= 0.3 is 6.18 Å². The molecule has 0 radical (unpaired) electrons. The molecule has 0 bridgehead atoms. The standard InChI is InChI=1S/C15H18F3N3O2/c1-20-6-4-12-11(9-20)21(7-8-23-12)14(22)13-10(15(16,17)18)3-2-5-19-13/h2-3,5,11-12H,4,6-9H2,1H3/t11-,12-/m1/s1. The molecule has 2 fully saturated rings. The number of pyridine rings is 1. The summed E-state index contributed by atoms with van der Waals surface area (Å²) in [4.78, 5) is 20.0. The molecule has 126 valence electrons. The van der Waals surface area contributed by atoms with E-state index < -0.39 is 23.3 Å². The van der Waals surface area contributed by atoms with Crippen molar-refractivity contribution in [1.29, 1.82) is 0 Å². The highest BCUT2D eigenvalue weighted by Gasteiger charge is 2.42. The van der Waals surface area contributed by atoms with Crippen LogP contribution >= 0.6 is 0 Å². The number of fused-ring (bicyclic) bond motifs is 1. The fourth-order valence-corrected chi connectivity index (χ4v) is 3.22. The molecule has 2 aliphatic rings. The van der Waals surface area contributed by atoms with Crippen LogP contribution in [0.4, 0.5) is 13.2 Å².